The van der Waals surface area contributed by atoms with Crippen molar-refractivity contribution in [2.45, 2.75) is 79.3 Å². The maximum atomic E-state index is 11.7. The molecule has 2 atom stereocenters. The molecule has 0 fully saturated rings. The van der Waals surface area contributed by atoms with Gasteiger partial charge in [-0.3, -0.25) is 9.79 Å². The summed E-state index contributed by atoms with van der Waals surface area (Å²) in [5.74, 6) is 0.843. The van der Waals surface area contributed by atoms with Crippen LogP contribution in [0, 0.1) is 5.41 Å². The first-order valence-electron chi connectivity index (χ1n) is 8.44. The average molecular weight is 440 g/mol. The molecule has 2 unspecified atom stereocenters. The highest BCUT2D eigenvalue weighted by molar-refractivity contribution is 14.0. The quantitative estimate of drug-likeness (QED) is 0.308. The van der Waals surface area contributed by atoms with Gasteiger partial charge >= 0.3 is 0 Å². The second-order valence-electron chi connectivity index (χ2n) is 7.27. The van der Waals surface area contributed by atoms with Gasteiger partial charge in [-0.05, 0) is 38.5 Å². The van der Waals surface area contributed by atoms with Crippen molar-refractivity contribution in [1.29, 1.82) is 0 Å². The molecule has 23 heavy (non-hydrogen) atoms. The number of nitrogens with zero attached hydrogens (tertiary/aromatic N) is 1. The van der Waals surface area contributed by atoms with Crippen molar-refractivity contribution in [2.24, 2.45) is 10.4 Å². The van der Waals surface area contributed by atoms with Gasteiger partial charge in [-0.15, -0.1) is 24.0 Å². The smallest absolute Gasteiger partial charge is 0.221 e. The van der Waals surface area contributed by atoms with Gasteiger partial charge < -0.3 is 16.0 Å². The van der Waals surface area contributed by atoms with Crippen LogP contribution in [0.3, 0.4) is 0 Å². The van der Waals surface area contributed by atoms with E-state index in [9.17, 15) is 4.79 Å². The molecule has 3 N–H and O–H groups in total. The Hall–Kier alpha value is -0.530. The monoisotopic (exact) mass is 440 g/mol. The molecule has 0 saturated carbocycles. The maximum Gasteiger partial charge on any atom is 0.221 e. The summed E-state index contributed by atoms with van der Waals surface area (Å²) in [6.45, 7) is 13.6. The number of halogens is 1. The van der Waals surface area contributed by atoms with Crippen LogP contribution < -0.4 is 16.0 Å². The second-order valence-corrected chi connectivity index (χ2v) is 7.27. The van der Waals surface area contributed by atoms with E-state index < -0.39 is 0 Å². The normalized spacial score (nSPS) is 14.5. The fourth-order valence-electron chi connectivity index (χ4n) is 1.89. The molecule has 1 amide bonds. The van der Waals surface area contributed by atoms with E-state index in [2.05, 4.69) is 55.6 Å². The molecule has 0 radical (unpaired) electrons. The minimum Gasteiger partial charge on any atom is -0.356 e. The van der Waals surface area contributed by atoms with Crippen molar-refractivity contribution in [1.82, 2.24) is 16.0 Å². The SMILES string of the molecule is CCC(C)NC(=O)CCNC(=NC)NC(C)CCC(C)(C)C.I. The van der Waals surface area contributed by atoms with Gasteiger partial charge in [0.25, 0.3) is 0 Å². The fourth-order valence-corrected chi connectivity index (χ4v) is 1.89. The van der Waals surface area contributed by atoms with Crippen molar-refractivity contribution in [3.63, 3.8) is 0 Å². The number of rotatable bonds is 8. The second kappa shape index (κ2) is 12.8. The lowest BCUT2D eigenvalue weighted by atomic mass is 9.89. The van der Waals surface area contributed by atoms with Crippen LogP contribution >= 0.6 is 24.0 Å². The van der Waals surface area contributed by atoms with E-state index in [1.165, 1.54) is 0 Å². The molecular weight excluding hydrogens is 403 g/mol. The van der Waals surface area contributed by atoms with Crippen molar-refractivity contribution in [2.75, 3.05) is 13.6 Å². The Morgan fingerprint density at radius 2 is 1.74 bits per heavy atom. The predicted octanol–water partition coefficient (Wildman–Crippen LogP) is 3.29. The van der Waals surface area contributed by atoms with Crippen molar-refractivity contribution < 1.29 is 4.79 Å². The summed E-state index contributed by atoms with van der Waals surface area (Å²) in [6, 6.07) is 0.599. The molecule has 0 heterocycles. The lowest BCUT2D eigenvalue weighted by Gasteiger charge is -2.23. The Balaban J connectivity index is 0. The number of nitrogens with one attached hydrogen (secondary N) is 3. The maximum absolute atomic E-state index is 11.7. The van der Waals surface area contributed by atoms with Crippen LogP contribution in [-0.2, 0) is 4.79 Å². The third kappa shape index (κ3) is 14.8. The summed E-state index contributed by atoms with van der Waals surface area (Å²) in [4.78, 5) is 15.9. The standard InChI is InChI=1S/C17H36N4O.HI/c1-8-13(2)20-15(22)10-12-19-16(18-7)21-14(3)9-11-17(4,5)6;/h13-14H,8-12H2,1-7H3,(H,20,22)(H2,18,19,21);1H. The summed E-state index contributed by atoms with van der Waals surface area (Å²) in [5, 5.41) is 9.53. The largest absolute Gasteiger partial charge is 0.356 e. The average Bonchev–Trinajstić information content (AvgIpc) is 2.43. The van der Waals surface area contributed by atoms with Gasteiger partial charge in [0.2, 0.25) is 5.91 Å². The van der Waals surface area contributed by atoms with E-state index in [0.29, 0.717) is 24.4 Å². The molecule has 138 valence electrons. The molecule has 6 heteroatoms. The molecular formula is C17H37IN4O. The number of aliphatic imine (C=N–C) groups is 1. The fraction of sp³-hybridized carbons (Fsp3) is 0.882. The van der Waals surface area contributed by atoms with Crippen LogP contribution in [0.4, 0.5) is 0 Å². The third-order valence-electron chi connectivity index (χ3n) is 3.60. The molecule has 0 aliphatic heterocycles. The van der Waals surface area contributed by atoms with Crippen molar-refractivity contribution in [3.05, 3.63) is 0 Å². The van der Waals surface area contributed by atoms with Gasteiger partial charge in [-0.2, -0.15) is 0 Å². The minimum absolute atomic E-state index is 0. The topological polar surface area (TPSA) is 65.5 Å². The molecule has 0 aromatic heterocycles. The van der Waals surface area contributed by atoms with Gasteiger partial charge in [0, 0.05) is 32.1 Å². The lowest BCUT2D eigenvalue weighted by Crippen LogP contribution is -2.44. The van der Waals surface area contributed by atoms with Crippen LogP contribution in [-0.4, -0.2) is 37.5 Å². The van der Waals surface area contributed by atoms with Crippen molar-refractivity contribution >= 4 is 35.8 Å². The zero-order chi connectivity index (χ0) is 17.2. The minimum atomic E-state index is 0. The molecule has 0 saturated heterocycles. The van der Waals surface area contributed by atoms with Crippen LogP contribution in [0.25, 0.3) is 0 Å². The molecule has 0 aliphatic rings. The summed E-state index contributed by atoms with van der Waals surface area (Å²) in [7, 11) is 1.75. The first kappa shape index (κ1) is 24.7. The van der Waals surface area contributed by atoms with E-state index >= 15 is 0 Å². The number of guanidine groups is 1. The Morgan fingerprint density at radius 3 is 2.22 bits per heavy atom. The molecule has 0 rings (SSSR count). The summed E-state index contributed by atoms with van der Waals surface area (Å²) in [6.07, 6.45) is 3.67. The van der Waals surface area contributed by atoms with Crippen LogP contribution in [0.2, 0.25) is 0 Å². The molecule has 0 spiro atoms. The number of amides is 1. The van der Waals surface area contributed by atoms with Crippen LogP contribution in [0.5, 0.6) is 0 Å². The van der Waals surface area contributed by atoms with Crippen LogP contribution in [0.1, 0.15) is 67.2 Å². The van der Waals surface area contributed by atoms with Gasteiger partial charge in [-0.25, -0.2) is 0 Å². The molecule has 5 nitrogen and oxygen atoms in total. The third-order valence-corrected chi connectivity index (χ3v) is 3.60. The molecule has 0 aromatic rings. The molecule has 0 aromatic carbocycles. The summed E-state index contributed by atoms with van der Waals surface area (Å²) in [5.41, 5.74) is 0.348. The van der Waals surface area contributed by atoms with E-state index in [4.69, 9.17) is 0 Å². The van der Waals surface area contributed by atoms with E-state index in [0.717, 1.165) is 25.2 Å². The Morgan fingerprint density at radius 1 is 1.13 bits per heavy atom. The Kier molecular flexibility index (Phi) is 13.8. The summed E-state index contributed by atoms with van der Waals surface area (Å²) >= 11 is 0. The zero-order valence-corrected chi connectivity index (χ0v) is 18.3. The van der Waals surface area contributed by atoms with Gasteiger partial charge in [0.05, 0.1) is 0 Å². The van der Waals surface area contributed by atoms with Gasteiger partial charge in [0.15, 0.2) is 5.96 Å². The Labute approximate surface area is 159 Å². The summed E-state index contributed by atoms with van der Waals surface area (Å²) < 4.78 is 0. The highest BCUT2D eigenvalue weighted by Crippen LogP contribution is 2.21. The zero-order valence-electron chi connectivity index (χ0n) is 16.0. The van der Waals surface area contributed by atoms with Crippen LogP contribution in [0.15, 0.2) is 4.99 Å². The van der Waals surface area contributed by atoms with E-state index in [1.54, 1.807) is 7.05 Å². The number of hydrogen-bond acceptors (Lipinski definition) is 2. The van der Waals surface area contributed by atoms with Crippen molar-refractivity contribution in [3.8, 4) is 0 Å². The first-order valence-corrected chi connectivity index (χ1v) is 8.44. The van der Waals surface area contributed by atoms with E-state index in [1.807, 2.05) is 6.92 Å². The number of carbonyl (C=O) groups is 1. The van der Waals surface area contributed by atoms with Gasteiger partial charge in [-0.1, -0.05) is 27.7 Å². The first-order chi connectivity index (χ1) is 10.2. The highest BCUT2D eigenvalue weighted by atomic mass is 127. The van der Waals surface area contributed by atoms with Gasteiger partial charge in [0.1, 0.15) is 0 Å². The predicted molar refractivity (Wildman–Crippen MR) is 111 cm³/mol. The Bertz CT molecular complexity index is 353. The number of hydrogen-bond donors (Lipinski definition) is 3. The highest BCUT2D eigenvalue weighted by Gasteiger charge is 2.13. The molecule has 0 aliphatic carbocycles. The lowest BCUT2D eigenvalue weighted by molar-refractivity contribution is -0.121. The van der Waals surface area contributed by atoms with E-state index in [-0.39, 0.29) is 35.9 Å². The molecule has 0 bridgehead atoms. The number of carbonyl (C=O) groups excluding carboxylic acids is 1.